The molecule has 1 rings (SSSR count). The summed E-state index contributed by atoms with van der Waals surface area (Å²) in [5.41, 5.74) is 1.61. The van der Waals surface area contributed by atoms with Gasteiger partial charge < -0.3 is 10.2 Å². The van der Waals surface area contributed by atoms with Gasteiger partial charge in [0.1, 0.15) is 0 Å². The Bertz CT molecular complexity index is 484. The van der Waals surface area contributed by atoms with E-state index >= 15 is 0 Å². The Labute approximate surface area is 122 Å². The fourth-order valence-corrected chi connectivity index (χ4v) is 2.92. The Morgan fingerprint density at radius 2 is 1.70 bits per heavy atom. The zero-order valence-corrected chi connectivity index (χ0v) is 13.3. The zero-order valence-electron chi connectivity index (χ0n) is 12.5. The molecule has 0 saturated carbocycles. The van der Waals surface area contributed by atoms with Crippen LogP contribution in [0.1, 0.15) is 19.8 Å². The smallest absolute Gasteiger partial charge is 0.232 e. The largest absolute Gasteiger partial charge is 0.385 e. The summed E-state index contributed by atoms with van der Waals surface area (Å²) in [5, 5.41) is 3.31. The Balaban J connectivity index is 2.44. The van der Waals surface area contributed by atoms with Gasteiger partial charge in [-0.15, -0.1) is 0 Å². The van der Waals surface area contributed by atoms with E-state index in [2.05, 4.69) is 29.0 Å². The van der Waals surface area contributed by atoms with Crippen LogP contribution in [-0.4, -0.2) is 46.3 Å². The molecule has 114 valence electrons. The number of benzene rings is 1. The third kappa shape index (κ3) is 6.77. The monoisotopic (exact) mass is 299 g/mol. The first-order chi connectivity index (χ1) is 9.43. The molecule has 0 aliphatic heterocycles. The lowest BCUT2D eigenvalue weighted by Crippen LogP contribution is -2.16. The van der Waals surface area contributed by atoms with Gasteiger partial charge in [-0.3, -0.25) is 4.72 Å². The van der Waals surface area contributed by atoms with Gasteiger partial charge in [-0.25, -0.2) is 8.42 Å². The molecular formula is C14H25N3O2S. The Hall–Kier alpha value is -1.27. The van der Waals surface area contributed by atoms with Gasteiger partial charge in [-0.1, -0.05) is 6.92 Å². The third-order valence-electron chi connectivity index (χ3n) is 2.74. The van der Waals surface area contributed by atoms with Crippen molar-refractivity contribution in [3.8, 4) is 0 Å². The van der Waals surface area contributed by atoms with E-state index in [1.54, 1.807) is 12.1 Å². The highest BCUT2D eigenvalue weighted by atomic mass is 32.2. The van der Waals surface area contributed by atoms with Crippen molar-refractivity contribution in [2.75, 3.05) is 43.0 Å². The third-order valence-corrected chi connectivity index (χ3v) is 4.23. The summed E-state index contributed by atoms with van der Waals surface area (Å²) in [6.45, 7) is 3.79. The summed E-state index contributed by atoms with van der Waals surface area (Å²) < 4.78 is 25.8. The quantitative estimate of drug-likeness (QED) is 0.686. The molecule has 20 heavy (non-hydrogen) atoms. The molecule has 2 N–H and O–H groups in total. The Kier molecular flexibility index (Phi) is 6.81. The molecule has 0 saturated heterocycles. The SMILES string of the molecule is CCCS(=O)(=O)Nc1ccc(NCCCN(C)C)cc1. The van der Waals surface area contributed by atoms with Gasteiger partial charge in [0.15, 0.2) is 0 Å². The predicted octanol–water partition coefficient (Wildman–Crippen LogP) is 2.20. The van der Waals surface area contributed by atoms with Crippen molar-refractivity contribution in [2.45, 2.75) is 19.8 Å². The van der Waals surface area contributed by atoms with E-state index in [-0.39, 0.29) is 5.75 Å². The number of rotatable bonds is 9. The van der Waals surface area contributed by atoms with Crippen molar-refractivity contribution in [3.63, 3.8) is 0 Å². The van der Waals surface area contributed by atoms with Crippen molar-refractivity contribution in [1.29, 1.82) is 0 Å². The maximum atomic E-state index is 11.6. The highest BCUT2D eigenvalue weighted by Gasteiger charge is 2.08. The van der Waals surface area contributed by atoms with Crippen molar-refractivity contribution in [1.82, 2.24) is 4.90 Å². The number of nitrogens with zero attached hydrogens (tertiary/aromatic N) is 1. The maximum Gasteiger partial charge on any atom is 0.232 e. The van der Waals surface area contributed by atoms with E-state index < -0.39 is 10.0 Å². The van der Waals surface area contributed by atoms with Crippen LogP contribution in [0.2, 0.25) is 0 Å². The van der Waals surface area contributed by atoms with Crippen LogP contribution in [0.3, 0.4) is 0 Å². The molecule has 1 aromatic carbocycles. The molecule has 0 bridgehead atoms. The van der Waals surface area contributed by atoms with E-state index in [9.17, 15) is 8.42 Å². The highest BCUT2D eigenvalue weighted by Crippen LogP contribution is 2.15. The molecule has 0 aliphatic carbocycles. The summed E-state index contributed by atoms with van der Waals surface area (Å²) in [6.07, 6.45) is 1.68. The fraction of sp³-hybridized carbons (Fsp3) is 0.571. The summed E-state index contributed by atoms with van der Waals surface area (Å²) in [4.78, 5) is 2.15. The molecule has 5 nitrogen and oxygen atoms in total. The van der Waals surface area contributed by atoms with Crippen LogP contribution >= 0.6 is 0 Å². The number of anilines is 2. The number of hydrogen-bond donors (Lipinski definition) is 2. The molecule has 0 heterocycles. The molecule has 0 radical (unpaired) electrons. The lowest BCUT2D eigenvalue weighted by molar-refractivity contribution is 0.405. The summed E-state index contributed by atoms with van der Waals surface area (Å²) in [7, 11) is 0.902. The minimum atomic E-state index is -3.20. The number of hydrogen-bond acceptors (Lipinski definition) is 4. The van der Waals surface area contributed by atoms with E-state index in [0.717, 1.165) is 25.2 Å². The van der Waals surface area contributed by atoms with Gasteiger partial charge in [0.25, 0.3) is 0 Å². The fourth-order valence-electron chi connectivity index (χ4n) is 1.78. The Morgan fingerprint density at radius 1 is 1.10 bits per heavy atom. The maximum absolute atomic E-state index is 11.6. The standard InChI is InChI=1S/C14H25N3O2S/c1-4-12-20(18,19)16-14-8-6-13(7-9-14)15-10-5-11-17(2)3/h6-9,15-16H,4-5,10-12H2,1-3H3. The summed E-state index contributed by atoms with van der Waals surface area (Å²) in [5.74, 6) is 0.150. The van der Waals surface area contributed by atoms with Crippen LogP contribution in [0.4, 0.5) is 11.4 Å². The van der Waals surface area contributed by atoms with Gasteiger partial charge in [-0.2, -0.15) is 0 Å². The van der Waals surface area contributed by atoms with Crippen LogP contribution < -0.4 is 10.0 Å². The minimum absolute atomic E-state index is 0.150. The lowest BCUT2D eigenvalue weighted by Gasteiger charge is -2.11. The second kappa shape index (κ2) is 8.11. The lowest BCUT2D eigenvalue weighted by atomic mass is 10.3. The average Bonchev–Trinajstić information content (AvgIpc) is 2.35. The first-order valence-corrected chi connectivity index (χ1v) is 8.57. The van der Waals surface area contributed by atoms with Gasteiger partial charge in [0.2, 0.25) is 10.0 Å². The number of nitrogens with one attached hydrogen (secondary N) is 2. The minimum Gasteiger partial charge on any atom is -0.385 e. The molecule has 0 aromatic heterocycles. The molecule has 1 aromatic rings. The van der Waals surface area contributed by atoms with Crippen LogP contribution in [0, 0.1) is 0 Å². The molecule has 0 spiro atoms. The van der Waals surface area contributed by atoms with Gasteiger partial charge >= 0.3 is 0 Å². The molecule has 0 unspecified atom stereocenters. The highest BCUT2D eigenvalue weighted by molar-refractivity contribution is 7.92. The van der Waals surface area contributed by atoms with E-state index in [4.69, 9.17) is 0 Å². The van der Waals surface area contributed by atoms with Gasteiger partial charge in [0, 0.05) is 17.9 Å². The van der Waals surface area contributed by atoms with Crippen LogP contribution in [0.25, 0.3) is 0 Å². The predicted molar refractivity (Wildman–Crippen MR) is 85.8 cm³/mol. The van der Waals surface area contributed by atoms with Crippen LogP contribution in [0.5, 0.6) is 0 Å². The number of sulfonamides is 1. The first-order valence-electron chi connectivity index (χ1n) is 6.92. The summed E-state index contributed by atoms with van der Waals surface area (Å²) >= 11 is 0. The van der Waals surface area contributed by atoms with Crippen molar-refractivity contribution in [3.05, 3.63) is 24.3 Å². The Morgan fingerprint density at radius 3 is 2.25 bits per heavy atom. The van der Waals surface area contributed by atoms with Gasteiger partial charge in [-0.05, 0) is 57.7 Å². The summed E-state index contributed by atoms with van der Waals surface area (Å²) in [6, 6.07) is 7.34. The van der Waals surface area contributed by atoms with Crippen LogP contribution in [0.15, 0.2) is 24.3 Å². The van der Waals surface area contributed by atoms with Crippen molar-refractivity contribution in [2.24, 2.45) is 0 Å². The van der Waals surface area contributed by atoms with E-state index in [1.165, 1.54) is 0 Å². The molecule has 6 heteroatoms. The van der Waals surface area contributed by atoms with Gasteiger partial charge in [0.05, 0.1) is 5.75 Å². The molecule has 0 aliphatic rings. The topological polar surface area (TPSA) is 61.4 Å². The van der Waals surface area contributed by atoms with Crippen molar-refractivity contribution >= 4 is 21.4 Å². The second-order valence-electron chi connectivity index (χ2n) is 5.08. The second-order valence-corrected chi connectivity index (χ2v) is 6.92. The van der Waals surface area contributed by atoms with E-state index in [1.807, 2.05) is 19.1 Å². The van der Waals surface area contributed by atoms with E-state index in [0.29, 0.717) is 12.1 Å². The molecular weight excluding hydrogens is 274 g/mol. The average molecular weight is 299 g/mol. The first kappa shape index (κ1) is 16.8. The molecule has 0 fully saturated rings. The van der Waals surface area contributed by atoms with Crippen LogP contribution in [-0.2, 0) is 10.0 Å². The molecule has 0 amide bonds. The zero-order chi connectivity index (χ0) is 15.0. The van der Waals surface area contributed by atoms with Crippen molar-refractivity contribution < 1.29 is 8.42 Å². The molecule has 0 atom stereocenters. The normalized spacial score (nSPS) is 11.6.